The zero-order valence-corrected chi connectivity index (χ0v) is 29.6. The van der Waals surface area contributed by atoms with Gasteiger partial charge in [-0.1, -0.05) is 23.7 Å². The lowest BCUT2D eigenvalue weighted by atomic mass is 9.86. The van der Waals surface area contributed by atoms with Gasteiger partial charge in [0.05, 0.1) is 24.0 Å². The molecule has 46 heavy (non-hydrogen) atoms. The third-order valence-electron chi connectivity index (χ3n) is 10.4. The van der Waals surface area contributed by atoms with Crippen molar-refractivity contribution in [3.05, 3.63) is 34.9 Å². The fourth-order valence-electron chi connectivity index (χ4n) is 7.47. The Morgan fingerprint density at radius 3 is 2.15 bits per heavy atom. The number of carbonyl (C=O) groups excluding carboxylic acids is 3. The zero-order valence-electron chi connectivity index (χ0n) is 28.8. The summed E-state index contributed by atoms with van der Waals surface area (Å²) in [5.74, 6) is -3.77. The van der Waals surface area contributed by atoms with Crippen molar-refractivity contribution < 1.29 is 27.9 Å². The summed E-state index contributed by atoms with van der Waals surface area (Å²) in [5, 5.41) is 0.620. The van der Waals surface area contributed by atoms with Crippen LogP contribution in [-0.4, -0.2) is 114 Å². The highest BCUT2D eigenvalue weighted by Gasteiger charge is 2.52. The Bertz CT molecular complexity index is 1240. The second kappa shape index (κ2) is 14.0. The average Bonchev–Trinajstić information content (AvgIpc) is 3.63. The first-order valence-corrected chi connectivity index (χ1v) is 17.0. The van der Waals surface area contributed by atoms with Crippen LogP contribution >= 0.6 is 11.6 Å². The molecule has 1 saturated carbocycles. The number of halogens is 3. The average molecular weight is 667 g/mol. The molecule has 1 unspecified atom stereocenters. The lowest BCUT2D eigenvalue weighted by molar-refractivity contribution is -0.152. The lowest BCUT2D eigenvalue weighted by Crippen LogP contribution is -2.55. The van der Waals surface area contributed by atoms with E-state index in [2.05, 4.69) is 25.7 Å². The van der Waals surface area contributed by atoms with E-state index >= 15 is 0 Å². The molecule has 0 N–H and O–H groups in total. The molecule has 258 valence electrons. The van der Waals surface area contributed by atoms with E-state index in [4.69, 9.17) is 16.3 Å². The van der Waals surface area contributed by atoms with Crippen molar-refractivity contribution >= 4 is 29.3 Å². The maximum absolute atomic E-state index is 14.8. The summed E-state index contributed by atoms with van der Waals surface area (Å²) in [6.07, 6.45) is 0.00680. The molecule has 8 nitrogen and oxygen atoms in total. The van der Waals surface area contributed by atoms with Crippen LogP contribution in [0.2, 0.25) is 5.02 Å². The minimum atomic E-state index is -2.76. The Kier molecular flexibility index (Phi) is 11.2. The lowest BCUT2D eigenvalue weighted by Gasteiger charge is -2.43. The Hall–Kier alpha value is -2.30. The normalized spacial score (nSPS) is 25.9. The van der Waals surface area contributed by atoms with Crippen LogP contribution in [0.25, 0.3) is 0 Å². The molecule has 1 aromatic carbocycles. The number of amides is 3. The predicted octanol–water partition coefficient (Wildman–Crippen LogP) is 5.68. The van der Waals surface area contributed by atoms with Gasteiger partial charge >= 0.3 is 0 Å². The Morgan fingerprint density at radius 1 is 1.00 bits per heavy atom. The molecule has 3 aliphatic rings. The van der Waals surface area contributed by atoms with Crippen molar-refractivity contribution in [1.29, 1.82) is 0 Å². The van der Waals surface area contributed by atoms with Crippen LogP contribution in [-0.2, 0) is 19.1 Å². The van der Waals surface area contributed by atoms with E-state index in [9.17, 15) is 23.2 Å². The number of carbonyl (C=O) groups is 3. The monoisotopic (exact) mass is 666 g/mol. The van der Waals surface area contributed by atoms with Gasteiger partial charge in [0.1, 0.15) is 6.04 Å². The molecule has 2 aliphatic heterocycles. The van der Waals surface area contributed by atoms with Crippen LogP contribution in [0.3, 0.4) is 0 Å². The molecule has 11 heteroatoms. The van der Waals surface area contributed by atoms with E-state index in [-0.39, 0.29) is 74.4 Å². The summed E-state index contributed by atoms with van der Waals surface area (Å²) in [7, 11) is 3.25. The molecular formula is C35H53ClF2N4O4. The number of methoxy groups -OCH3 is 1. The molecule has 1 aliphatic carbocycles. The van der Waals surface area contributed by atoms with Crippen molar-refractivity contribution in [3.8, 4) is 0 Å². The van der Waals surface area contributed by atoms with Gasteiger partial charge in [-0.05, 0) is 78.5 Å². The molecule has 3 fully saturated rings. The van der Waals surface area contributed by atoms with Crippen LogP contribution in [0.15, 0.2) is 24.3 Å². The summed E-state index contributed by atoms with van der Waals surface area (Å²) in [6.45, 7) is 13.9. The number of ether oxygens (including phenoxy) is 1. The molecule has 0 bridgehead atoms. The van der Waals surface area contributed by atoms with Gasteiger partial charge in [-0.2, -0.15) is 0 Å². The zero-order chi connectivity index (χ0) is 34.2. The molecule has 3 amide bonds. The quantitative estimate of drug-likeness (QED) is 0.339. The fourth-order valence-corrected chi connectivity index (χ4v) is 7.60. The predicted molar refractivity (Wildman–Crippen MR) is 176 cm³/mol. The maximum Gasteiger partial charge on any atom is 0.248 e. The highest BCUT2D eigenvalue weighted by Crippen LogP contribution is 2.42. The first-order chi connectivity index (χ1) is 21.4. The number of rotatable bonds is 9. The Labute approximate surface area is 278 Å². The topological polar surface area (TPSA) is 73.4 Å². The Morgan fingerprint density at radius 2 is 1.61 bits per heavy atom. The van der Waals surface area contributed by atoms with E-state index < -0.39 is 35.4 Å². The molecule has 1 aromatic rings. The van der Waals surface area contributed by atoms with Crippen LogP contribution in [0.1, 0.15) is 85.1 Å². The van der Waals surface area contributed by atoms with Gasteiger partial charge < -0.3 is 19.4 Å². The second-order valence-electron chi connectivity index (χ2n) is 15.2. The third kappa shape index (κ3) is 7.87. The number of hydrogen-bond donors (Lipinski definition) is 0. The van der Waals surface area contributed by atoms with Crippen LogP contribution in [0, 0.1) is 11.3 Å². The molecule has 0 radical (unpaired) electrons. The maximum atomic E-state index is 14.8. The summed E-state index contributed by atoms with van der Waals surface area (Å²) < 4.78 is 34.0. The highest BCUT2D eigenvalue weighted by molar-refractivity contribution is 6.30. The van der Waals surface area contributed by atoms with E-state index in [1.807, 2.05) is 31.2 Å². The molecule has 0 spiro atoms. The number of alkyl halides is 2. The molecule has 2 heterocycles. The molecule has 4 rings (SSSR count). The first-order valence-electron chi connectivity index (χ1n) is 16.7. The van der Waals surface area contributed by atoms with E-state index in [0.29, 0.717) is 24.7 Å². The number of nitrogens with zero attached hydrogens (tertiary/aromatic N) is 4. The minimum absolute atomic E-state index is 0.110. The van der Waals surface area contributed by atoms with Gasteiger partial charge in [-0.25, -0.2) is 8.78 Å². The van der Waals surface area contributed by atoms with Gasteiger partial charge in [0.25, 0.3) is 0 Å². The van der Waals surface area contributed by atoms with Gasteiger partial charge in [0.15, 0.2) is 0 Å². The minimum Gasteiger partial charge on any atom is -0.384 e. The summed E-state index contributed by atoms with van der Waals surface area (Å²) in [5.41, 5.74) is -0.0751. The van der Waals surface area contributed by atoms with Gasteiger partial charge in [0, 0.05) is 75.7 Å². The fraction of sp³-hybridized carbons (Fsp3) is 0.743. The van der Waals surface area contributed by atoms with Crippen molar-refractivity contribution in [2.45, 2.75) is 109 Å². The number of likely N-dealkylation sites (tertiary alicyclic amines) is 2. The molecule has 4 atom stereocenters. The van der Waals surface area contributed by atoms with E-state index in [1.165, 1.54) is 7.11 Å². The van der Waals surface area contributed by atoms with Crippen molar-refractivity contribution in [2.24, 2.45) is 11.3 Å². The van der Waals surface area contributed by atoms with Gasteiger partial charge in [0.2, 0.25) is 23.6 Å². The standard InChI is InChI=1S/C35H53ClF2N4O4/c1-9-39(7)31(44)29-18-26(42(32(45)34(5,6)22-46-8)25-14-16-35(37,38)17-15-25)19-41(29)30(43)28-21-40(33(2,3)4)20-27(28)23-10-12-24(36)13-11-23/h10-13,25-29H,9,14-22H2,1-8H3/t26-,27+,28?,29-/m0/s1. The van der Waals surface area contributed by atoms with Gasteiger partial charge in [-0.15, -0.1) is 0 Å². The van der Waals surface area contributed by atoms with Crippen molar-refractivity contribution in [3.63, 3.8) is 0 Å². The number of likely N-dealkylation sites (N-methyl/N-ethyl adjacent to an activating group) is 1. The third-order valence-corrected chi connectivity index (χ3v) is 10.6. The smallest absolute Gasteiger partial charge is 0.248 e. The van der Waals surface area contributed by atoms with Crippen LogP contribution in [0.4, 0.5) is 8.78 Å². The SMILES string of the molecule is CCN(C)C(=O)[C@@H]1C[C@H](N(C(=O)C(C)(C)COC)C2CCC(F)(F)CC2)CN1C(=O)C1CN(C(C)(C)C)C[C@@H]1c1ccc(Cl)cc1. The Balaban J connectivity index is 1.72. The molecule has 2 saturated heterocycles. The number of hydrogen-bond acceptors (Lipinski definition) is 5. The van der Waals surface area contributed by atoms with Crippen molar-refractivity contribution in [2.75, 3.05) is 46.9 Å². The summed E-state index contributed by atoms with van der Waals surface area (Å²) in [6, 6.07) is 5.96. The largest absolute Gasteiger partial charge is 0.384 e. The highest BCUT2D eigenvalue weighted by atomic mass is 35.5. The van der Waals surface area contributed by atoms with E-state index in [1.54, 1.807) is 35.6 Å². The van der Waals surface area contributed by atoms with Crippen LogP contribution in [0.5, 0.6) is 0 Å². The second-order valence-corrected chi connectivity index (χ2v) is 15.6. The molecule has 0 aromatic heterocycles. The molecular weight excluding hydrogens is 614 g/mol. The first kappa shape index (κ1) is 36.5. The van der Waals surface area contributed by atoms with E-state index in [0.717, 1.165) is 5.56 Å². The summed E-state index contributed by atoms with van der Waals surface area (Å²) >= 11 is 6.21. The number of benzene rings is 1. The van der Waals surface area contributed by atoms with Crippen molar-refractivity contribution in [1.82, 2.24) is 19.6 Å². The van der Waals surface area contributed by atoms with Crippen LogP contribution < -0.4 is 0 Å². The summed E-state index contributed by atoms with van der Waals surface area (Å²) in [4.78, 5) is 50.3. The van der Waals surface area contributed by atoms with Gasteiger partial charge in [-0.3, -0.25) is 19.3 Å².